The predicted molar refractivity (Wildman–Crippen MR) is 94.4 cm³/mol. The summed E-state index contributed by atoms with van der Waals surface area (Å²) in [7, 11) is 1.64. The van der Waals surface area contributed by atoms with E-state index >= 15 is 0 Å². The molecule has 8 atom stereocenters. The van der Waals surface area contributed by atoms with Crippen LogP contribution >= 0.6 is 0 Å². The second-order valence-electron chi connectivity index (χ2n) is 9.72. The number of esters is 1. The molecule has 0 aromatic rings. The highest BCUT2D eigenvalue weighted by atomic mass is 16.7. The molecule has 5 rings (SSSR count). The minimum atomic E-state index is -1.28. The Morgan fingerprint density at radius 2 is 2.00 bits per heavy atom. The zero-order chi connectivity index (χ0) is 19.2. The van der Waals surface area contributed by atoms with Crippen LogP contribution in [-0.4, -0.2) is 49.6 Å². The van der Waals surface area contributed by atoms with Crippen molar-refractivity contribution in [2.24, 2.45) is 34.0 Å². The number of methoxy groups -OCH3 is 1. The first-order valence-corrected chi connectivity index (χ1v) is 10.0. The first kappa shape index (κ1) is 17.8. The van der Waals surface area contributed by atoms with Crippen LogP contribution in [0.2, 0.25) is 0 Å². The predicted octanol–water partition coefficient (Wildman–Crippen LogP) is 1.85. The maximum Gasteiger partial charge on any atom is 0.320 e. The van der Waals surface area contributed by atoms with Crippen LogP contribution in [0.1, 0.15) is 39.0 Å². The van der Waals surface area contributed by atoms with E-state index in [0.717, 1.165) is 19.3 Å². The Labute approximate surface area is 159 Å². The Bertz CT molecular complexity index is 732. The van der Waals surface area contributed by atoms with Crippen molar-refractivity contribution >= 4 is 11.8 Å². The number of ketones is 1. The molecule has 6 nitrogen and oxygen atoms in total. The van der Waals surface area contributed by atoms with Gasteiger partial charge in [-0.25, -0.2) is 0 Å². The molecule has 0 aromatic heterocycles. The molecule has 2 saturated heterocycles. The van der Waals surface area contributed by atoms with E-state index in [0.29, 0.717) is 25.0 Å². The molecule has 3 saturated carbocycles. The number of hydrogen-bond donors (Lipinski definition) is 1. The lowest BCUT2D eigenvalue weighted by Crippen LogP contribution is -2.67. The molecule has 2 spiro atoms. The standard InChI is InChI=1S/C21H28O6/c1-11-12-7-13(22)14-20(10-27-18(24)21(14,8-12)16(11)23)6-4-5-19(2)9-26-17(25-3)15(19)20/h12-15,17,22H,1,4-10H2,2-3H3/t12-,13-,14+,15-,17-,19+,20-,21+/m0/s1. The number of Topliss-reactive ketones (excluding diaryl/α,β-unsaturated/α-hetero) is 1. The summed E-state index contributed by atoms with van der Waals surface area (Å²) in [5, 5.41) is 11.2. The lowest BCUT2D eigenvalue weighted by molar-refractivity contribution is -0.244. The van der Waals surface area contributed by atoms with Crippen molar-refractivity contribution in [3.63, 3.8) is 0 Å². The fourth-order valence-electron chi connectivity index (χ4n) is 7.59. The molecule has 6 heteroatoms. The van der Waals surface area contributed by atoms with Gasteiger partial charge in [0.15, 0.2) is 12.1 Å². The van der Waals surface area contributed by atoms with Crippen molar-refractivity contribution in [2.45, 2.75) is 51.4 Å². The topological polar surface area (TPSA) is 82.1 Å². The molecule has 1 N–H and O–H groups in total. The molecule has 0 amide bonds. The van der Waals surface area contributed by atoms with Crippen molar-refractivity contribution in [2.75, 3.05) is 20.3 Å². The van der Waals surface area contributed by atoms with Crippen molar-refractivity contribution in [3.8, 4) is 0 Å². The maximum atomic E-state index is 13.3. The van der Waals surface area contributed by atoms with E-state index in [2.05, 4.69) is 13.5 Å². The molecule has 5 aliphatic rings. The molecule has 0 unspecified atom stereocenters. The first-order valence-electron chi connectivity index (χ1n) is 10.0. The summed E-state index contributed by atoms with van der Waals surface area (Å²) in [6.45, 7) is 6.98. The average molecular weight is 376 g/mol. The van der Waals surface area contributed by atoms with Gasteiger partial charge < -0.3 is 19.3 Å². The number of fused-ring (bicyclic) bond motifs is 4. The van der Waals surface area contributed by atoms with Crippen LogP contribution in [0.4, 0.5) is 0 Å². The molecule has 0 radical (unpaired) electrons. The highest BCUT2D eigenvalue weighted by Crippen LogP contribution is 2.69. The molecule has 2 heterocycles. The van der Waals surface area contributed by atoms with Gasteiger partial charge in [-0.2, -0.15) is 0 Å². The Kier molecular flexibility index (Phi) is 3.58. The lowest BCUT2D eigenvalue weighted by Gasteiger charge is -2.61. The molecule has 148 valence electrons. The number of aliphatic hydroxyl groups excluding tert-OH is 1. The van der Waals surface area contributed by atoms with Gasteiger partial charge in [-0.05, 0) is 42.6 Å². The zero-order valence-electron chi connectivity index (χ0n) is 16.0. The number of carbonyl (C=O) groups excluding carboxylic acids is 2. The average Bonchev–Trinajstić information content (AvgIpc) is 3.09. The number of ether oxygens (including phenoxy) is 3. The summed E-state index contributed by atoms with van der Waals surface area (Å²) in [6, 6.07) is 0. The summed E-state index contributed by atoms with van der Waals surface area (Å²) < 4.78 is 17.4. The molecular formula is C21H28O6. The van der Waals surface area contributed by atoms with Gasteiger partial charge in [0, 0.05) is 24.4 Å². The minimum absolute atomic E-state index is 0.0217. The van der Waals surface area contributed by atoms with Crippen LogP contribution in [0.15, 0.2) is 12.2 Å². The van der Waals surface area contributed by atoms with Gasteiger partial charge in [0.2, 0.25) is 0 Å². The summed E-state index contributed by atoms with van der Waals surface area (Å²) in [6.07, 6.45) is 2.56. The largest absolute Gasteiger partial charge is 0.464 e. The molecular weight excluding hydrogens is 348 g/mol. The third-order valence-corrected chi connectivity index (χ3v) is 8.50. The highest BCUT2D eigenvalue weighted by Gasteiger charge is 2.76. The number of cyclic esters (lactones) is 1. The summed E-state index contributed by atoms with van der Waals surface area (Å²) in [5.41, 5.74) is -1.42. The fraction of sp³-hybridized carbons (Fsp3) is 0.810. The molecule has 0 aromatic carbocycles. The Morgan fingerprint density at radius 3 is 2.74 bits per heavy atom. The number of allylic oxidation sites excluding steroid dienone is 1. The van der Waals surface area contributed by atoms with E-state index in [4.69, 9.17) is 14.2 Å². The minimum Gasteiger partial charge on any atom is -0.464 e. The van der Waals surface area contributed by atoms with Crippen molar-refractivity contribution in [1.29, 1.82) is 0 Å². The third-order valence-electron chi connectivity index (χ3n) is 8.50. The Morgan fingerprint density at radius 1 is 1.22 bits per heavy atom. The summed E-state index contributed by atoms with van der Waals surface area (Å²) in [5.74, 6) is -1.28. The molecule has 27 heavy (non-hydrogen) atoms. The van der Waals surface area contributed by atoms with Gasteiger partial charge in [0.1, 0.15) is 5.41 Å². The maximum absolute atomic E-state index is 13.3. The molecule has 2 aliphatic heterocycles. The van der Waals surface area contributed by atoms with Crippen LogP contribution in [0.25, 0.3) is 0 Å². The van der Waals surface area contributed by atoms with Crippen LogP contribution in [0, 0.1) is 34.0 Å². The highest BCUT2D eigenvalue weighted by molar-refractivity contribution is 6.15. The second-order valence-corrected chi connectivity index (χ2v) is 9.72. The van der Waals surface area contributed by atoms with Gasteiger partial charge >= 0.3 is 5.97 Å². The monoisotopic (exact) mass is 376 g/mol. The van der Waals surface area contributed by atoms with E-state index in [1.54, 1.807) is 7.11 Å². The van der Waals surface area contributed by atoms with E-state index in [-0.39, 0.29) is 29.6 Å². The molecule has 5 fully saturated rings. The van der Waals surface area contributed by atoms with Gasteiger partial charge in [0.05, 0.1) is 19.3 Å². The lowest BCUT2D eigenvalue weighted by atomic mass is 9.44. The van der Waals surface area contributed by atoms with Crippen LogP contribution in [0.3, 0.4) is 0 Å². The normalized spacial score (nSPS) is 54.0. The van der Waals surface area contributed by atoms with E-state index in [1.807, 2.05) is 0 Å². The van der Waals surface area contributed by atoms with Crippen LogP contribution < -0.4 is 0 Å². The van der Waals surface area contributed by atoms with Gasteiger partial charge in [-0.3, -0.25) is 9.59 Å². The third kappa shape index (κ3) is 1.92. The van der Waals surface area contributed by atoms with Gasteiger partial charge in [0.25, 0.3) is 0 Å². The van der Waals surface area contributed by atoms with Gasteiger partial charge in [-0.1, -0.05) is 19.9 Å². The fourth-order valence-corrected chi connectivity index (χ4v) is 7.59. The SMILES string of the molecule is C=C1C(=O)[C@@]23C[C@@H]1C[C@H](O)[C@@H]2[C@]1(CCC[C@]2(C)CO[C@H](OC)[C@@H]21)COC3=O. The summed E-state index contributed by atoms with van der Waals surface area (Å²) in [4.78, 5) is 26.3. The second kappa shape index (κ2) is 5.43. The van der Waals surface area contributed by atoms with Crippen molar-refractivity contribution in [3.05, 3.63) is 12.2 Å². The van der Waals surface area contributed by atoms with Crippen LogP contribution in [0.5, 0.6) is 0 Å². The van der Waals surface area contributed by atoms with E-state index < -0.39 is 35.1 Å². The molecule has 3 aliphatic carbocycles. The smallest absolute Gasteiger partial charge is 0.320 e. The number of hydrogen-bond acceptors (Lipinski definition) is 6. The Balaban J connectivity index is 1.70. The number of aliphatic hydroxyl groups is 1. The van der Waals surface area contributed by atoms with Crippen molar-refractivity contribution in [1.82, 2.24) is 0 Å². The van der Waals surface area contributed by atoms with Crippen LogP contribution in [-0.2, 0) is 23.8 Å². The van der Waals surface area contributed by atoms with Crippen molar-refractivity contribution < 1.29 is 28.9 Å². The number of carbonyl (C=O) groups is 2. The Hall–Kier alpha value is -1.24. The quantitative estimate of drug-likeness (QED) is 0.427. The van der Waals surface area contributed by atoms with Gasteiger partial charge in [-0.15, -0.1) is 0 Å². The van der Waals surface area contributed by atoms with E-state index in [1.165, 1.54) is 0 Å². The summed E-state index contributed by atoms with van der Waals surface area (Å²) >= 11 is 0. The zero-order valence-corrected chi connectivity index (χ0v) is 16.0. The number of rotatable bonds is 1. The first-order chi connectivity index (χ1) is 12.8. The molecule has 2 bridgehead atoms. The van der Waals surface area contributed by atoms with E-state index in [9.17, 15) is 14.7 Å².